The molecule has 0 heterocycles. The number of halogens is 1. The Morgan fingerprint density at radius 3 is 2.83 bits per heavy atom. The summed E-state index contributed by atoms with van der Waals surface area (Å²) in [5.74, 6) is 0.538. The maximum absolute atomic E-state index is 12.3. The zero-order valence-electron chi connectivity index (χ0n) is 10.4. The minimum Gasteiger partial charge on any atom is -0.497 e. The molecule has 0 radical (unpaired) electrons. The predicted octanol–water partition coefficient (Wildman–Crippen LogP) is 2.83. The highest BCUT2D eigenvalue weighted by atomic mass is 79.9. The van der Waals surface area contributed by atoms with Gasteiger partial charge in [-0.05, 0) is 41.1 Å². The van der Waals surface area contributed by atoms with E-state index in [9.17, 15) is 4.79 Å². The average Bonchev–Trinajstić information content (AvgIpc) is 2.40. The summed E-state index contributed by atoms with van der Waals surface area (Å²) >= 11 is 3.36. The Morgan fingerprint density at radius 2 is 2.28 bits per heavy atom. The monoisotopic (exact) mass is 310 g/mol. The molecule has 4 nitrogen and oxygen atoms in total. The standard InChI is InChI=1S/C13H15BrN2O2/c1-3-16(8-4-7-15)13(17)11-9-10(18-2)5-6-12(11)14/h5-6,9H,3-4,8H2,1-2H3. The van der Waals surface area contributed by atoms with Gasteiger partial charge in [-0.15, -0.1) is 0 Å². The summed E-state index contributed by atoms with van der Waals surface area (Å²) in [5, 5.41) is 8.58. The normalized spacial score (nSPS) is 9.67. The van der Waals surface area contributed by atoms with Crippen LogP contribution in [0.1, 0.15) is 23.7 Å². The van der Waals surface area contributed by atoms with Crippen molar-refractivity contribution in [2.75, 3.05) is 20.2 Å². The summed E-state index contributed by atoms with van der Waals surface area (Å²) in [7, 11) is 1.56. The van der Waals surface area contributed by atoms with Crippen LogP contribution < -0.4 is 4.74 Å². The lowest BCUT2D eigenvalue weighted by molar-refractivity contribution is 0.0766. The molecule has 0 aliphatic rings. The smallest absolute Gasteiger partial charge is 0.255 e. The fourth-order valence-corrected chi connectivity index (χ4v) is 1.97. The Morgan fingerprint density at radius 1 is 1.56 bits per heavy atom. The molecule has 1 aromatic carbocycles. The first-order valence-corrected chi connectivity index (χ1v) is 6.43. The molecule has 0 bridgehead atoms. The van der Waals surface area contributed by atoms with Crippen LogP contribution in [0.4, 0.5) is 0 Å². The molecular weight excluding hydrogens is 296 g/mol. The van der Waals surface area contributed by atoms with Crippen molar-refractivity contribution in [2.24, 2.45) is 0 Å². The number of hydrogen-bond donors (Lipinski definition) is 0. The van der Waals surface area contributed by atoms with Gasteiger partial charge in [0, 0.05) is 17.6 Å². The zero-order chi connectivity index (χ0) is 13.5. The third-order valence-electron chi connectivity index (χ3n) is 2.57. The van der Waals surface area contributed by atoms with Gasteiger partial charge in [0.05, 0.1) is 25.2 Å². The van der Waals surface area contributed by atoms with Gasteiger partial charge < -0.3 is 9.64 Å². The first kappa shape index (κ1) is 14.5. The first-order valence-electron chi connectivity index (χ1n) is 5.63. The van der Waals surface area contributed by atoms with E-state index in [1.165, 1.54) is 0 Å². The topological polar surface area (TPSA) is 53.3 Å². The summed E-state index contributed by atoms with van der Waals surface area (Å²) in [6, 6.07) is 7.31. The van der Waals surface area contributed by atoms with Gasteiger partial charge in [0.1, 0.15) is 5.75 Å². The van der Waals surface area contributed by atoms with Crippen LogP contribution in [0.3, 0.4) is 0 Å². The molecule has 0 spiro atoms. The van der Waals surface area contributed by atoms with Crippen molar-refractivity contribution in [1.29, 1.82) is 5.26 Å². The van der Waals surface area contributed by atoms with Crippen molar-refractivity contribution >= 4 is 21.8 Å². The molecule has 96 valence electrons. The van der Waals surface area contributed by atoms with Crippen LogP contribution in [0, 0.1) is 11.3 Å². The molecule has 0 saturated heterocycles. The van der Waals surface area contributed by atoms with E-state index >= 15 is 0 Å². The lowest BCUT2D eigenvalue weighted by atomic mass is 10.2. The third kappa shape index (κ3) is 3.47. The largest absolute Gasteiger partial charge is 0.497 e. The number of carbonyl (C=O) groups excluding carboxylic acids is 1. The number of hydrogen-bond acceptors (Lipinski definition) is 3. The summed E-state index contributed by atoms with van der Waals surface area (Å²) in [6.07, 6.45) is 0.334. The highest BCUT2D eigenvalue weighted by molar-refractivity contribution is 9.10. The number of nitriles is 1. The van der Waals surface area contributed by atoms with Crippen LogP contribution in [-0.2, 0) is 0 Å². The molecule has 0 aliphatic heterocycles. The average molecular weight is 311 g/mol. The Labute approximate surface area is 115 Å². The van der Waals surface area contributed by atoms with E-state index in [4.69, 9.17) is 10.00 Å². The van der Waals surface area contributed by atoms with Crippen LogP contribution in [0.2, 0.25) is 0 Å². The van der Waals surface area contributed by atoms with E-state index in [0.29, 0.717) is 30.8 Å². The highest BCUT2D eigenvalue weighted by Crippen LogP contribution is 2.23. The van der Waals surface area contributed by atoms with Gasteiger partial charge in [-0.3, -0.25) is 4.79 Å². The molecule has 1 rings (SSSR count). The second-order valence-electron chi connectivity index (χ2n) is 3.64. The minimum absolute atomic E-state index is 0.0986. The lowest BCUT2D eigenvalue weighted by Crippen LogP contribution is -2.31. The number of rotatable bonds is 5. The summed E-state index contributed by atoms with van der Waals surface area (Å²) in [6.45, 7) is 2.91. The SMILES string of the molecule is CCN(CCC#N)C(=O)c1cc(OC)ccc1Br. The van der Waals surface area contributed by atoms with Crippen molar-refractivity contribution < 1.29 is 9.53 Å². The van der Waals surface area contributed by atoms with Gasteiger partial charge in [-0.2, -0.15) is 5.26 Å². The maximum Gasteiger partial charge on any atom is 0.255 e. The fourth-order valence-electron chi connectivity index (χ4n) is 1.55. The second-order valence-corrected chi connectivity index (χ2v) is 4.49. The fraction of sp³-hybridized carbons (Fsp3) is 0.385. The Bertz CT molecular complexity index is 469. The van der Waals surface area contributed by atoms with E-state index < -0.39 is 0 Å². The number of amides is 1. The van der Waals surface area contributed by atoms with Gasteiger partial charge in [0.25, 0.3) is 5.91 Å². The van der Waals surface area contributed by atoms with E-state index in [1.807, 2.05) is 13.0 Å². The molecule has 0 saturated carbocycles. The molecule has 0 unspecified atom stereocenters. The summed E-state index contributed by atoms with van der Waals surface area (Å²) < 4.78 is 5.84. The Balaban J connectivity index is 2.97. The van der Waals surface area contributed by atoms with Crippen LogP contribution in [0.5, 0.6) is 5.75 Å². The van der Waals surface area contributed by atoms with Crippen molar-refractivity contribution in [3.63, 3.8) is 0 Å². The van der Waals surface area contributed by atoms with Crippen molar-refractivity contribution in [3.8, 4) is 11.8 Å². The van der Waals surface area contributed by atoms with Crippen LogP contribution in [0.25, 0.3) is 0 Å². The van der Waals surface area contributed by atoms with Gasteiger partial charge in [0.15, 0.2) is 0 Å². The Kier molecular flexibility index (Phi) is 5.66. The number of carbonyl (C=O) groups is 1. The van der Waals surface area contributed by atoms with E-state index in [2.05, 4.69) is 15.9 Å². The lowest BCUT2D eigenvalue weighted by Gasteiger charge is -2.20. The molecule has 0 atom stereocenters. The van der Waals surface area contributed by atoms with Crippen molar-refractivity contribution in [2.45, 2.75) is 13.3 Å². The highest BCUT2D eigenvalue weighted by Gasteiger charge is 2.17. The third-order valence-corrected chi connectivity index (χ3v) is 3.26. The second kappa shape index (κ2) is 7.02. The molecule has 0 aliphatic carbocycles. The molecule has 0 N–H and O–H groups in total. The van der Waals surface area contributed by atoms with Crippen molar-refractivity contribution in [3.05, 3.63) is 28.2 Å². The number of ether oxygens (including phenoxy) is 1. The van der Waals surface area contributed by atoms with Crippen LogP contribution >= 0.6 is 15.9 Å². The van der Waals surface area contributed by atoms with Crippen LogP contribution in [0.15, 0.2) is 22.7 Å². The van der Waals surface area contributed by atoms with Gasteiger partial charge in [-0.25, -0.2) is 0 Å². The molecule has 18 heavy (non-hydrogen) atoms. The van der Waals surface area contributed by atoms with E-state index in [-0.39, 0.29) is 5.91 Å². The summed E-state index contributed by atoms with van der Waals surface area (Å²) in [5.41, 5.74) is 0.550. The predicted molar refractivity (Wildman–Crippen MR) is 72.5 cm³/mol. The molecule has 1 aromatic rings. The minimum atomic E-state index is -0.0986. The number of methoxy groups -OCH3 is 1. The molecule has 0 aromatic heterocycles. The number of benzene rings is 1. The van der Waals surface area contributed by atoms with E-state index in [1.54, 1.807) is 30.2 Å². The van der Waals surface area contributed by atoms with E-state index in [0.717, 1.165) is 4.47 Å². The summed E-state index contributed by atoms with van der Waals surface area (Å²) in [4.78, 5) is 13.9. The maximum atomic E-state index is 12.3. The number of nitrogens with zero attached hydrogens (tertiary/aromatic N) is 2. The van der Waals surface area contributed by atoms with Crippen LogP contribution in [-0.4, -0.2) is 31.0 Å². The van der Waals surface area contributed by atoms with Gasteiger partial charge in [0.2, 0.25) is 0 Å². The van der Waals surface area contributed by atoms with Crippen molar-refractivity contribution in [1.82, 2.24) is 4.90 Å². The zero-order valence-corrected chi connectivity index (χ0v) is 12.0. The first-order chi connectivity index (χ1) is 8.63. The van der Waals surface area contributed by atoms with Gasteiger partial charge >= 0.3 is 0 Å². The molecule has 5 heteroatoms. The molecular formula is C13H15BrN2O2. The Hall–Kier alpha value is -1.54. The quantitative estimate of drug-likeness (QED) is 0.840. The molecule has 1 amide bonds. The van der Waals surface area contributed by atoms with Gasteiger partial charge in [-0.1, -0.05) is 0 Å². The molecule has 0 fully saturated rings.